The summed E-state index contributed by atoms with van der Waals surface area (Å²) in [6.45, 7) is 1.29. The fraction of sp³-hybridized carbons (Fsp3) is 0.333. The van der Waals surface area contributed by atoms with Crippen LogP contribution < -0.4 is 10.1 Å². The van der Waals surface area contributed by atoms with Gasteiger partial charge >= 0.3 is 0 Å². The van der Waals surface area contributed by atoms with Gasteiger partial charge in [-0.2, -0.15) is 0 Å². The van der Waals surface area contributed by atoms with E-state index in [1.54, 1.807) is 20.4 Å². The minimum Gasteiger partial charge on any atom is -0.496 e. The van der Waals surface area contributed by atoms with Crippen LogP contribution in [0.25, 0.3) is 0 Å². The van der Waals surface area contributed by atoms with Crippen LogP contribution >= 0.6 is 15.9 Å². The summed E-state index contributed by atoms with van der Waals surface area (Å²) in [5.74, 6) is 1.60. The summed E-state index contributed by atoms with van der Waals surface area (Å²) >= 11 is 3.49. The molecule has 1 N–H and O–H groups in total. The van der Waals surface area contributed by atoms with Crippen molar-refractivity contribution in [3.8, 4) is 5.75 Å². The molecule has 0 aliphatic carbocycles. The molecule has 0 unspecified atom stereocenters. The number of halogens is 1. The van der Waals surface area contributed by atoms with Gasteiger partial charge in [-0.3, -0.25) is 4.99 Å². The molecule has 0 saturated carbocycles. The highest BCUT2D eigenvalue weighted by atomic mass is 79.9. The highest BCUT2D eigenvalue weighted by Gasteiger charge is 2.09. The average molecular weight is 367 g/mol. The van der Waals surface area contributed by atoms with Gasteiger partial charge in [0.05, 0.1) is 18.1 Å². The van der Waals surface area contributed by atoms with Crippen LogP contribution in [0.5, 0.6) is 5.75 Å². The van der Waals surface area contributed by atoms with E-state index in [2.05, 4.69) is 31.4 Å². The second-order valence-corrected chi connectivity index (χ2v) is 5.57. The summed E-state index contributed by atoms with van der Waals surface area (Å²) in [6.07, 6.45) is 1.56. The van der Waals surface area contributed by atoms with E-state index in [0.717, 1.165) is 27.4 Å². The maximum atomic E-state index is 5.23. The number of nitrogens with zero attached hydrogens (tertiary/aromatic N) is 3. The first kappa shape index (κ1) is 16.4. The van der Waals surface area contributed by atoms with Gasteiger partial charge < -0.3 is 19.5 Å². The molecule has 22 heavy (non-hydrogen) atoms. The highest BCUT2D eigenvalue weighted by Crippen LogP contribution is 2.25. The zero-order valence-corrected chi connectivity index (χ0v) is 14.4. The Hall–Kier alpha value is -2.02. The minimum atomic E-state index is 0.627. The first-order chi connectivity index (χ1) is 10.6. The monoisotopic (exact) mass is 366 g/mol. The molecule has 0 bridgehead atoms. The molecule has 0 aliphatic heterocycles. The number of methoxy groups -OCH3 is 1. The van der Waals surface area contributed by atoms with Crippen molar-refractivity contribution in [3.05, 3.63) is 46.3 Å². The lowest BCUT2D eigenvalue weighted by Crippen LogP contribution is -2.38. The molecule has 0 aliphatic rings. The summed E-state index contributed by atoms with van der Waals surface area (Å²) in [5, 5.41) is 7.22. The first-order valence-corrected chi connectivity index (χ1v) is 7.56. The Balaban J connectivity index is 1.94. The molecule has 6 nitrogen and oxygen atoms in total. The van der Waals surface area contributed by atoms with E-state index in [0.29, 0.717) is 13.1 Å². The quantitative estimate of drug-likeness (QED) is 0.650. The van der Waals surface area contributed by atoms with Gasteiger partial charge in [0.25, 0.3) is 0 Å². The fourth-order valence-electron chi connectivity index (χ4n) is 2.02. The van der Waals surface area contributed by atoms with Crippen LogP contribution in [0, 0.1) is 0 Å². The van der Waals surface area contributed by atoms with Gasteiger partial charge in [0, 0.05) is 26.7 Å². The number of hydrogen-bond donors (Lipinski definition) is 1. The second kappa shape index (κ2) is 7.84. The van der Waals surface area contributed by atoms with Crippen molar-refractivity contribution in [3.63, 3.8) is 0 Å². The van der Waals surface area contributed by atoms with E-state index >= 15 is 0 Å². The zero-order chi connectivity index (χ0) is 15.9. The van der Waals surface area contributed by atoms with E-state index in [9.17, 15) is 0 Å². The van der Waals surface area contributed by atoms with Gasteiger partial charge in [-0.1, -0.05) is 11.2 Å². The van der Waals surface area contributed by atoms with Crippen LogP contribution in [0.4, 0.5) is 0 Å². The smallest absolute Gasteiger partial charge is 0.194 e. The summed E-state index contributed by atoms with van der Waals surface area (Å²) < 4.78 is 11.0. The number of hydrogen-bond acceptors (Lipinski definition) is 4. The zero-order valence-electron chi connectivity index (χ0n) is 12.8. The number of aliphatic imine (C=N–C) groups is 1. The summed E-state index contributed by atoms with van der Waals surface area (Å²) in [5.41, 5.74) is 1.99. The lowest BCUT2D eigenvalue weighted by molar-refractivity contribution is 0.391. The van der Waals surface area contributed by atoms with Gasteiger partial charge in [-0.15, -0.1) is 0 Å². The maximum Gasteiger partial charge on any atom is 0.194 e. The number of guanidine groups is 1. The van der Waals surface area contributed by atoms with E-state index in [1.807, 2.05) is 36.2 Å². The van der Waals surface area contributed by atoms with E-state index in [-0.39, 0.29) is 0 Å². The Labute approximate surface area is 138 Å². The van der Waals surface area contributed by atoms with Gasteiger partial charge in [-0.05, 0) is 33.6 Å². The van der Waals surface area contributed by atoms with Crippen LogP contribution in [0.2, 0.25) is 0 Å². The number of aromatic nitrogens is 1. The second-order valence-electron chi connectivity index (χ2n) is 4.72. The average Bonchev–Trinajstić information content (AvgIpc) is 3.01. The van der Waals surface area contributed by atoms with Crippen molar-refractivity contribution >= 4 is 21.9 Å². The molecule has 0 spiro atoms. The van der Waals surface area contributed by atoms with Crippen LogP contribution in [-0.4, -0.2) is 37.2 Å². The SMILES string of the molecule is CN=C(NCc1ccc(OC)c(Br)c1)N(C)Cc1ccon1. The molecule has 2 aromatic rings. The molecule has 0 saturated heterocycles. The maximum absolute atomic E-state index is 5.23. The normalized spacial score (nSPS) is 11.4. The molecule has 0 fully saturated rings. The summed E-state index contributed by atoms with van der Waals surface area (Å²) in [4.78, 5) is 6.26. The third kappa shape index (κ3) is 4.24. The van der Waals surface area contributed by atoms with Crippen molar-refractivity contribution < 1.29 is 9.26 Å². The Morgan fingerprint density at radius 1 is 1.45 bits per heavy atom. The van der Waals surface area contributed by atoms with Crippen LogP contribution in [0.3, 0.4) is 0 Å². The molecular formula is C15H19BrN4O2. The molecule has 1 heterocycles. The predicted octanol–water partition coefficient (Wildman–Crippen LogP) is 2.65. The number of ether oxygens (including phenoxy) is 1. The van der Waals surface area contributed by atoms with Crippen LogP contribution in [0.1, 0.15) is 11.3 Å². The number of nitrogens with one attached hydrogen (secondary N) is 1. The van der Waals surface area contributed by atoms with Gasteiger partial charge in [0.1, 0.15) is 17.7 Å². The van der Waals surface area contributed by atoms with Crippen LogP contribution in [-0.2, 0) is 13.1 Å². The third-order valence-corrected chi connectivity index (χ3v) is 3.75. The standard InChI is InChI=1S/C15H19BrN4O2/c1-17-15(20(2)10-12-6-7-22-19-12)18-9-11-4-5-14(21-3)13(16)8-11/h4-8H,9-10H2,1-3H3,(H,17,18). The van der Waals surface area contributed by atoms with Crippen LogP contribution in [0.15, 0.2) is 44.5 Å². The molecule has 0 amide bonds. The first-order valence-electron chi connectivity index (χ1n) is 6.77. The molecule has 1 aromatic heterocycles. The minimum absolute atomic E-state index is 0.627. The number of benzene rings is 1. The predicted molar refractivity (Wildman–Crippen MR) is 88.9 cm³/mol. The van der Waals surface area contributed by atoms with Crippen molar-refractivity contribution in [1.29, 1.82) is 0 Å². The molecular weight excluding hydrogens is 348 g/mol. The Morgan fingerprint density at radius 2 is 2.27 bits per heavy atom. The molecule has 2 rings (SSSR count). The number of rotatable bonds is 5. The third-order valence-electron chi connectivity index (χ3n) is 3.13. The largest absolute Gasteiger partial charge is 0.496 e. The van der Waals surface area contributed by atoms with Crippen molar-refractivity contribution in [2.75, 3.05) is 21.2 Å². The lowest BCUT2D eigenvalue weighted by atomic mass is 10.2. The Morgan fingerprint density at radius 3 is 2.86 bits per heavy atom. The topological polar surface area (TPSA) is 62.9 Å². The van der Waals surface area contributed by atoms with E-state index in [1.165, 1.54) is 0 Å². The van der Waals surface area contributed by atoms with E-state index < -0.39 is 0 Å². The van der Waals surface area contributed by atoms with Gasteiger partial charge in [0.2, 0.25) is 0 Å². The molecule has 0 radical (unpaired) electrons. The molecule has 118 valence electrons. The van der Waals surface area contributed by atoms with Gasteiger partial charge in [0.15, 0.2) is 5.96 Å². The molecule has 1 aromatic carbocycles. The highest BCUT2D eigenvalue weighted by molar-refractivity contribution is 9.10. The molecule has 0 atom stereocenters. The lowest BCUT2D eigenvalue weighted by Gasteiger charge is -2.21. The van der Waals surface area contributed by atoms with Crippen molar-refractivity contribution in [2.24, 2.45) is 4.99 Å². The Bertz CT molecular complexity index is 628. The van der Waals surface area contributed by atoms with Crippen molar-refractivity contribution in [2.45, 2.75) is 13.1 Å². The summed E-state index contributed by atoms with van der Waals surface area (Å²) in [7, 11) is 5.36. The Kier molecular flexibility index (Phi) is 5.83. The fourth-order valence-corrected chi connectivity index (χ4v) is 2.61. The van der Waals surface area contributed by atoms with E-state index in [4.69, 9.17) is 9.26 Å². The molecule has 7 heteroatoms. The van der Waals surface area contributed by atoms with Gasteiger partial charge in [-0.25, -0.2) is 0 Å². The van der Waals surface area contributed by atoms with Crippen molar-refractivity contribution in [1.82, 2.24) is 15.4 Å². The summed E-state index contributed by atoms with van der Waals surface area (Å²) in [6, 6.07) is 7.81.